The van der Waals surface area contributed by atoms with Crippen LogP contribution in [0.3, 0.4) is 0 Å². The lowest BCUT2D eigenvalue weighted by atomic mass is 9.80. The summed E-state index contributed by atoms with van der Waals surface area (Å²) in [5.74, 6) is 1.16. The number of ketones is 1. The Labute approximate surface area is 779 Å². The molecule has 10 N–H and O–H groups in total. The van der Waals surface area contributed by atoms with Crippen LogP contribution in [0, 0.1) is 34.0 Å². The Morgan fingerprint density at radius 1 is 0.436 bits per heavy atom. The van der Waals surface area contributed by atoms with Crippen molar-refractivity contribution in [2.45, 2.75) is 226 Å². The molecule has 6 aliphatic heterocycles. The number of Topliss-reactive ketones (excluding diaryl/α,β-unsaturated/α-hetero) is 1. The fraction of sp³-hybridized carbons (Fsp3) is 0.462. The van der Waals surface area contributed by atoms with E-state index < -0.39 is 12.0 Å². The summed E-state index contributed by atoms with van der Waals surface area (Å²) in [5.41, 5.74) is 31.1. The van der Waals surface area contributed by atoms with E-state index in [-0.39, 0.29) is 29.2 Å². The highest BCUT2D eigenvalue weighted by Gasteiger charge is 2.44. The number of aldehydes is 1. The van der Waals surface area contributed by atoms with Gasteiger partial charge in [0.05, 0.1) is 140 Å². The number of ether oxygens (including phenoxy) is 10. The summed E-state index contributed by atoms with van der Waals surface area (Å²) in [6.45, 7) is 11.5. The molecule has 27 heteroatoms. The van der Waals surface area contributed by atoms with Crippen molar-refractivity contribution >= 4 is 68.2 Å². The van der Waals surface area contributed by atoms with Gasteiger partial charge in [-0.15, -0.1) is 0 Å². The van der Waals surface area contributed by atoms with Crippen molar-refractivity contribution in [1.29, 1.82) is 15.8 Å². The highest BCUT2D eigenvalue weighted by atomic mass is 16.8. The van der Waals surface area contributed by atoms with Crippen LogP contribution in [0.15, 0.2) is 195 Å². The number of hydrogen-bond acceptors (Lipinski definition) is 23. The second-order valence-electron chi connectivity index (χ2n) is 35.7. The van der Waals surface area contributed by atoms with Gasteiger partial charge in [-0.1, -0.05) is 97.1 Å². The minimum Gasteiger partial charge on any atom is -0.481 e. The number of fused-ring (bicyclic) bond motifs is 3. The molecule has 3 aromatic heterocycles. The van der Waals surface area contributed by atoms with Gasteiger partial charge in [-0.2, -0.15) is 15.8 Å². The number of imidazole rings is 3. The number of carbonyl (C=O) groups is 3. The van der Waals surface area contributed by atoms with Crippen LogP contribution >= 0.6 is 0 Å². The van der Waals surface area contributed by atoms with Gasteiger partial charge in [-0.3, -0.25) is 14.4 Å². The number of carbonyl (C=O) groups excluding carboxylic acids is 2. The third kappa shape index (κ3) is 28.0. The first-order valence-electron chi connectivity index (χ1n) is 47.4. The zero-order valence-corrected chi connectivity index (χ0v) is 76.3. The number of rotatable bonds is 13. The van der Waals surface area contributed by atoms with Crippen molar-refractivity contribution < 1.29 is 66.9 Å². The van der Waals surface area contributed by atoms with Gasteiger partial charge in [0.2, 0.25) is 0 Å². The lowest BCUT2D eigenvalue weighted by Crippen LogP contribution is -2.34. The Bertz CT molecular complexity index is 5500. The SMILES string of the molecule is C1CCOC1.C1CCOC1.CC(=O)O.N#CC(Nc1ccc2nc[nH]c2c1)c1ccc(C2CCC3(CC2)OCCO3)cc1.N#Cc1ccc(C2CCC(=O)CC2)cc1.N#Cc1ccc(C2CCC3(CC2)OCCO3)cc1.NCC(Nc1ccc2nc[nH]c2c1)c1ccc(C2CCC3(CC2)OCCO3)cc1.Nc1ccc2nc[nH]c2c1.O=Cc1ccc(C2CCC3(CC2)OCCO3)cc1. The monoisotopic (exact) mass is 1810 g/mol. The molecule has 2 unspecified atom stereocenters. The maximum absolute atomic E-state index is 11.1. The molecule has 9 heterocycles. The molecule has 11 aromatic rings. The van der Waals surface area contributed by atoms with Gasteiger partial charge in [0.1, 0.15) is 18.1 Å². The number of benzene rings is 8. The molecule has 11 fully saturated rings. The second kappa shape index (κ2) is 48.9. The number of nitrogen functional groups attached to an aromatic ring is 1. The average molecular weight is 1810 g/mol. The van der Waals surface area contributed by atoms with Crippen molar-refractivity contribution in [3.63, 3.8) is 0 Å². The summed E-state index contributed by atoms with van der Waals surface area (Å²) in [6, 6.07) is 64.9. The van der Waals surface area contributed by atoms with Gasteiger partial charge >= 0.3 is 0 Å². The number of aromatic amines is 3. The Kier molecular flexibility index (Phi) is 35.8. The van der Waals surface area contributed by atoms with E-state index in [1.54, 1.807) is 19.0 Å². The second-order valence-corrected chi connectivity index (χ2v) is 35.7. The first-order valence-corrected chi connectivity index (χ1v) is 47.4. The highest BCUT2D eigenvalue weighted by Crippen LogP contribution is 2.47. The van der Waals surface area contributed by atoms with Crippen molar-refractivity contribution in [3.8, 4) is 18.2 Å². The number of nitriles is 3. The number of hydrogen-bond donors (Lipinski definition) is 8. The molecule has 133 heavy (non-hydrogen) atoms. The van der Waals surface area contributed by atoms with Gasteiger partial charge < -0.3 is 89.5 Å². The fourth-order valence-corrected chi connectivity index (χ4v) is 19.3. The standard InChI is InChI=1S/C23H28N4O2.C23H24N4O2.C15H17NO2.C15H18O3.C13H13NO.C7H7N3.2C4H8O.C2H4O2/c2*24-14-22(27-19-5-6-20-21(13-19)26-15-25-20)18-3-1-16(2-4-18)17-7-9-23(10-8-17)28-11-12-29-23;2*16-11-12-1-3-13(4-2-12)14-5-7-15(8-6-14)17-9-10-18-15;14-9-10-1-3-11(4-2-10)12-5-7-13(15)8-6-12;8-5-1-2-6-7(3-5)10-4-9-6;2*1-2-4-5-3-1;1-2(3)4/h1-6,13,15,17,22,27H,7-12,14,24H2,(H,25,26);1-6,13,15,17,22,27H,7-12H2,(H,25,26);1-4,14H,5-10H2;1-4,11,14H,5-10H2;1-4,12H,5-8H2;1-4H,8H2,(H,9,10);2*1-4H2;1H3,(H,3,4). The minimum atomic E-state index is -0.833. The van der Waals surface area contributed by atoms with E-state index in [0.717, 1.165) is 275 Å². The lowest BCUT2D eigenvalue weighted by Gasteiger charge is -2.35. The molecule has 22 rings (SSSR count). The number of nitrogens with zero attached hydrogens (tertiary/aromatic N) is 6. The third-order valence-electron chi connectivity index (χ3n) is 26.9. The maximum Gasteiger partial charge on any atom is 0.300 e. The Hall–Kier alpha value is -11.6. The Morgan fingerprint density at radius 2 is 0.744 bits per heavy atom. The van der Waals surface area contributed by atoms with Crippen LogP contribution in [0.4, 0.5) is 17.1 Å². The maximum atomic E-state index is 11.1. The Morgan fingerprint density at radius 3 is 1.06 bits per heavy atom. The number of nitrogens with two attached hydrogens (primary N) is 2. The van der Waals surface area contributed by atoms with E-state index >= 15 is 0 Å². The first-order chi connectivity index (χ1) is 65.0. The molecule has 8 aromatic carbocycles. The average Bonchev–Trinajstić information content (AvgIpc) is 1.55. The summed E-state index contributed by atoms with van der Waals surface area (Å²) < 4.78 is 56.2. The molecule has 0 amide bonds. The predicted octanol–water partition coefficient (Wildman–Crippen LogP) is 20.2. The molecule has 27 nitrogen and oxygen atoms in total. The van der Waals surface area contributed by atoms with Crippen LogP contribution in [0.5, 0.6) is 0 Å². The first kappa shape index (κ1) is 97.4. The highest BCUT2D eigenvalue weighted by molar-refractivity contribution is 5.81. The number of anilines is 3. The summed E-state index contributed by atoms with van der Waals surface area (Å²) in [7, 11) is 0. The number of H-pyrrole nitrogens is 3. The van der Waals surface area contributed by atoms with Crippen molar-refractivity contribution in [3.05, 3.63) is 251 Å². The van der Waals surface area contributed by atoms with E-state index in [4.69, 9.17) is 79.3 Å². The fourth-order valence-electron chi connectivity index (χ4n) is 19.3. The number of aliphatic carboxylic acids is 1. The number of carboxylic acid groups (broad SMARTS) is 1. The molecule has 0 bridgehead atoms. The molecule has 6 saturated heterocycles. The molecular formula is C106H127N13O14. The zero-order valence-electron chi connectivity index (χ0n) is 76.3. The number of aromatic nitrogens is 6. The quantitative estimate of drug-likeness (QED) is 0.0392. The van der Waals surface area contributed by atoms with Crippen LogP contribution in [-0.4, -0.2) is 162 Å². The summed E-state index contributed by atoms with van der Waals surface area (Å²) >= 11 is 0. The molecule has 700 valence electrons. The van der Waals surface area contributed by atoms with Crippen LogP contribution in [0.1, 0.15) is 263 Å². The predicted molar refractivity (Wildman–Crippen MR) is 510 cm³/mol. The van der Waals surface area contributed by atoms with Crippen LogP contribution in [-0.2, 0) is 57.0 Å². The zero-order chi connectivity index (χ0) is 92.5. The van der Waals surface area contributed by atoms with E-state index in [1.165, 1.54) is 59.1 Å². The van der Waals surface area contributed by atoms with Gasteiger partial charge in [-0.05, 0) is 237 Å². The summed E-state index contributed by atoms with van der Waals surface area (Å²) in [4.78, 5) is 52.5. The molecule has 11 aliphatic rings. The van der Waals surface area contributed by atoms with Crippen molar-refractivity contribution in [2.75, 3.05) is 102 Å². The lowest BCUT2D eigenvalue weighted by molar-refractivity contribution is -0.179. The number of carboxylic acids is 1. The largest absolute Gasteiger partial charge is 0.481 e. The van der Waals surface area contributed by atoms with E-state index in [0.29, 0.717) is 60.3 Å². The summed E-state index contributed by atoms with van der Waals surface area (Å²) in [5, 5.41) is 41.5. The van der Waals surface area contributed by atoms with Crippen LogP contribution in [0.2, 0.25) is 0 Å². The van der Waals surface area contributed by atoms with Crippen LogP contribution < -0.4 is 22.1 Å². The van der Waals surface area contributed by atoms with Gasteiger partial charge in [-0.25, -0.2) is 15.0 Å². The minimum absolute atomic E-state index is 0.0688. The smallest absolute Gasteiger partial charge is 0.300 e. The molecular weight excluding hydrogens is 1680 g/mol. The molecule has 4 spiro atoms. The van der Waals surface area contributed by atoms with Crippen molar-refractivity contribution in [1.82, 2.24) is 29.9 Å². The van der Waals surface area contributed by atoms with Gasteiger partial charge in [0, 0.05) is 127 Å². The van der Waals surface area contributed by atoms with Gasteiger partial charge in [0.25, 0.3) is 5.97 Å². The van der Waals surface area contributed by atoms with Gasteiger partial charge in [0.15, 0.2) is 23.1 Å². The number of nitrogens with one attached hydrogen (secondary N) is 5. The van der Waals surface area contributed by atoms with E-state index in [1.807, 2.05) is 97.1 Å². The molecule has 5 aliphatic carbocycles. The molecule has 0 radical (unpaired) electrons. The van der Waals surface area contributed by atoms with Crippen LogP contribution in [0.25, 0.3) is 33.1 Å². The summed E-state index contributed by atoms with van der Waals surface area (Å²) in [6.07, 6.45) is 31.0. The van der Waals surface area contributed by atoms with Crippen molar-refractivity contribution in [2.24, 2.45) is 5.73 Å². The molecule has 2 atom stereocenters. The third-order valence-corrected chi connectivity index (χ3v) is 26.9. The Balaban J connectivity index is 0.000000127. The van der Waals surface area contributed by atoms with E-state index in [9.17, 15) is 14.9 Å². The normalized spacial score (nSPS) is 21.0. The van der Waals surface area contributed by atoms with E-state index in [2.05, 4.69) is 138 Å². The molecule has 5 saturated carbocycles. The topological polar surface area (TPSA) is 397 Å².